The third-order valence-electron chi connectivity index (χ3n) is 1.93. The first-order valence-corrected chi connectivity index (χ1v) is 6.15. The van der Waals surface area contributed by atoms with E-state index in [1.165, 1.54) is 6.07 Å². The molecule has 0 atom stereocenters. The van der Waals surface area contributed by atoms with Crippen molar-refractivity contribution in [1.82, 2.24) is 0 Å². The van der Waals surface area contributed by atoms with Crippen LogP contribution in [-0.2, 0) is 4.74 Å². The molecule has 8 heteroatoms. The molecule has 0 bridgehead atoms. The number of nitriles is 1. The van der Waals surface area contributed by atoms with Crippen molar-refractivity contribution < 1.29 is 22.7 Å². The smallest absolute Gasteiger partial charge is 0.446 e. The highest BCUT2D eigenvalue weighted by molar-refractivity contribution is 8.00. The van der Waals surface area contributed by atoms with Gasteiger partial charge in [0.25, 0.3) is 0 Å². The molecule has 0 saturated heterocycles. The number of esters is 1. The molecule has 0 aromatic heterocycles. The van der Waals surface area contributed by atoms with Crippen LogP contribution in [-0.4, -0.2) is 18.1 Å². The number of carbonyl (C=O) groups excluding carboxylic acids is 1. The van der Waals surface area contributed by atoms with Crippen molar-refractivity contribution in [3.05, 3.63) is 28.3 Å². The number of benzene rings is 1. The number of nitrogens with zero attached hydrogens (tertiary/aromatic N) is 1. The van der Waals surface area contributed by atoms with Gasteiger partial charge in [0, 0.05) is 0 Å². The predicted molar refractivity (Wildman–Crippen MR) is 64.0 cm³/mol. The first-order valence-electron chi connectivity index (χ1n) is 4.95. The van der Waals surface area contributed by atoms with E-state index in [9.17, 15) is 18.0 Å². The van der Waals surface area contributed by atoms with Gasteiger partial charge in [0.2, 0.25) is 0 Å². The van der Waals surface area contributed by atoms with E-state index in [1.807, 2.05) is 0 Å². The van der Waals surface area contributed by atoms with E-state index >= 15 is 0 Å². The zero-order chi connectivity index (χ0) is 14.6. The molecule has 1 aromatic rings. The number of alkyl halides is 3. The predicted octanol–water partition coefficient (Wildman–Crippen LogP) is 4.00. The molecule has 0 amide bonds. The third-order valence-corrected chi connectivity index (χ3v) is 3.22. The molecule has 0 unspecified atom stereocenters. The Kier molecular flexibility index (Phi) is 5.09. The van der Waals surface area contributed by atoms with Crippen LogP contribution in [0.25, 0.3) is 0 Å². The van der Waals surface area contributed by atoms with Gasteiger partial charge in [-0.3, -0.25) is 0 Å². The Hall–Kier alpha value is -1.39. The van der Waals surface area contributed by atoms with Crippen LogP contribution < -0.4 is 0 Å². The Morgan fingerprint density at radius 3 is 2.63 bits per heavy atom. The van der Waals surface area contributed by atoms with Crippen LogP contribution in [0.4, 0.5) is 13.2 Å². The second-order valence-electron chi connectivity index (χ2n) is 3.18. The second-order valence-corrected chi connectivity index (χ2v) is 4.66. The van der Waals surface area contributed by atoms with Crippen LogP contribution in [0.5, 0.6) is 0 Å². The van der Waals surface area contributed by atoms with Crippen molar-refractivity contribution in [2.24, 2.45) is 0 Å². The standard InChI is InChI=1S/C11H7ClF3NO2S/c1-2-18-10(17)6-3-4-8(12)9(7(6)5-16)19-11(13,14)15/h3-4H,2H2,1H3. The molecule has 19 heavy (non-hydrogen) atoms. The molecule has 3 nitrogen and oxygen atoms in total. The SMILES string of the molecule is CCOC(=O)c1ccc(Cl)c(SC(F)(F)F)c1C#N. The second kappa shape index (κ2) is 6.17. The number of halogens is 4. The first kappa shape index (κ1) is 15.7. The number of ether oxygens (including phenoxy) is 1. The maximum Gasteiger partial charge on any atom is 0.446 e. The largest absolute Gasteiger partial charge is 0.462 e. The summed E-state index contributed by atoms with van der Waals surface area (Å²) >= 11 is 5.11. The molecule has 0 spiro atoms. The Bertz CT molecular complexity index is 540. The van der Waals surface area contributed by atoms with Gasteiger partial charge in [0.05, 0.1) is 27.7 Å². The maximum absolute atomic E-state index is 12.4. The van der Waals surface area contributed by atoms with Crippen LogP contribution in [0.15, 0.2) is 17.0 Å². The lowest BCUT2D eigenvalue weighted by molar-refractivity contribution is -0.0328. The van der Waals surface area contributed by atoms with Crippen LogP contribution >= 0.6 is 23.4 Å². The lowest BCUT2D eigenvalue weighted by atomic mass is 10.1. The molecule has 0 aliphatic carbocycles. The molecule has 0 N–H and O–H groups in total. The van der Waals surface area contributed by atoms with E-state index in [0.717, 1.165) is 6.07 Å². The zero-order valence-corrected chi connectivity index (χ0v) is 11.1. The number of hydrogen-bond acceptors (Lipinski definition) is 4. The van der Waals surface area contributed by atoms with Gasteiger partial charge in [0.1, 0.15) is 6.07 Å². The first-order chi connectivity index (χ1) is 8.80. The van der Waals surface area contributed by atoms with E-state index in [1.54, 1.807) is 13.0 Å². The van der Waals surface area contributed by atoms with Crippen LogP contribution in [0.3, 0.4) is 0 Å². The lowest BCUT2D eigenvalue weighted by Gasteiger charge is -2.11. The molecule has 0 radical (unpaired) electrons. The van der Waals surface area contributed by atoms with Gasteiger partial charge >= 0.3 is 11.5 Å². The zero-order valence-electron chi connectivity index (χ0n) is 9.55. The average molecular weight is 310 g/mol. The fraction of sp³-hybridized carbons (Fsp3) is 0.273. The topological polar surface area (TPSA) is 50.1 Å². The van der Waals surface area contributed by atoms with Gasteiger partial charge in [-0.15, -0.1) is 0 Å². The van der Waals surface area contributed by atoms with Gasteiger partial charge in [-0.25, -0.2) is 4.79 Å². The van der Waals surface area contributed by atoms with Crippen LogP contribution in [0.2, 0.25) is 5.02 Å². The summed E-state index contributed by atoms with van der Waals surface area (Å²) in [5.41, 5.74) is -5.28. The molecule has 0 aliphatic rings. The van der Waals surface area contributed by atoms with Gasteiger partial charge in [0.15, 0.2) is 0 Å². The van der Waals surface area contributed by atoms with E-state index in [0.29, 0.717) is 0 Å². The Labute approximate surface area is 116 Å². The van der Waals surface area contributed by atoms with Crippen molar-refractivity contribution in [2.45, 2.75) is 17.3 Å². The van der Waals surface area contributed by atoms with E-state index in [4.69, 9.17) is 16.9 Å². The minimum absolute atomic E-state index is 0.0497. The van der Waals surface area contributed by atoms with Crippen LogP contribution in [0.1, 0.15) is 22.8 Å². The maximum atomic E-state index is 12.4. The summed E-state index contributed by atoms with van der Waals surface area (Å²) in [6.07, 6.45) is 0. The van der Waals surface area contributed by atoms with Crippen molar-refractivity contribution in [2.75, 3.05) is 6.61 Å². The quantitative estimate of drug-likeness (QED) is 0.625. The average Bonchev–Trinajstić information content (AvgIpc) is 2.30. The minimum Gasteiger partial charge on any atom is -0.462 e. The van der Waals surface area contributed by atoms with E-state index in [2.05, 4.69) is 4.74 Å². The highest BCUT2D eigenvalue weighted by Gasteiger charge is 2.33. The van der Waals surface area contributed by atoms with E-state index in [-0.39, 0.29) is 17.2 Å². The molecular weight excluding hydrogens is 303 g/mol. The Balaban J connectivity index is 3.34. The molecule has 0 heterocycles. The van der Waals surface area contributed by atoms with Crippen molar-refractivity contribution in [3.63, 3.8) is 0 Å². The summed E-state index contributed by atoms with van der Waals surface area (Å²) in [5, 5.41) is 8.70. The number of carbonyl (C=O) groups is 1. The van der Waals surface area contributed by atoms with Gasteiger partial charge in [-0.05, 0) is 30.8 Å². The summed E-state index contributed by atoms with van der Waals surface area (Å²) in [6, 6.07) is 3.85. The molecule has 1 rings (SSSR count). The molecule has 0 fully saturated rings. The van der Waals surface area contributed by atoms with Crippen molar-refractivity contribution in [3.8, 4) is 6.07 Å². The molecule has 0 aliphatic heterocycles. The van der Waals surface area contributed by atoms with Crippen molar-refractivity contribution >= 4 is 29.3 Å². The summed E-state index contributed by atoms with van der Waals surface area (Å²) in [5.74, 6) is -0.861. The highest BCUT2D eigenvalue weighted by atomic mass is 35.5. The lowest BCUT2D eigenvalue weighted by Crippen LogP contribution is -2.09. The minimum atomic E-state index is -4.61. The molecule has 0 saturated carbocycles. The number of thioether (sulfide) groups is 1. The summed E-state index contributed by atoms with van der Waals surface area (Å²) < 4.78 is 41.9. The summed E-state index contributed by atoms with van der Waals surface area (Å²) in [6.45, 7) is 1.60. The molecular formula is C11H7ClF3NO2S. The monoisotopic (exact) mass is 309 g/mol. The number of rotatable bonds is 3. The summed E-state index contributed by atoms with van der Waals surface area (Å²) in [7, 11) is 0. The van der Waals surface area contributed by atoms with Gasteiger partial charge in [-0.1, -0.05) is 11.6 Å². The fourth-order valence-electron chi connectivity index (χ4n) is 1.26. The molecule has 1 aromatic carbocycles. The Morgan fingerprint density at radius 1 is 1.53 bits per heavy atom. The van der Waals surface area contributed by atoms with Gasteiger partial charge < -0.3 is 4.74 Å². The fourth-order valence-corrected chi connectivity index (χ4v) is 2.19. The van der Waals surface area contributed by atoms with Crippen molar-refractivity contribution in [1.29, 1.82) is 5.26 Å². The normalized spacial score (nSPS) is 10.9. The van der Waals surface area contributed by atoms with Crippen LogP contribution in [0, 0.1) is 11.3 Å². The Morgan fingerprint density at radius 2 is 2.16 bits per heavy atom. The molecule has 102 valence electrons. The highest BCUT2D eigenvalue weighted by Crippen LogP contribution is 2.42. The van der Waals surface area contributed by atoms with Gasteiger partial charge in [-0.2, -0.15) is 18.4 Å². The van der Waals surface area contributed by atoms with E-state index < -0.39 is 33.7 Å². The number of hydrogen-bond donors (Lipinski definition) is 0. The third kappa shape index (κ3) is 4.04. The summed E-state index contributed by atoms with van der Waals surface area (Å²) in [4.78, 5) is 11.0.